The van der Waals surface area contributed by atoms with Crippen LogP contribution in [0, 0.1) is 5.82 Å². The van der Waals surface area contributed by atoms with Gasteiger partial charge in [0, 0.05) is 12.0 Å². The largest absolute Gasteiger partial charge is 0.507 e. The van der Waals surface area contributed by atoms with E-state index in [9.17, 15) is 27.5 Å². The predicted octanol–water partition coefficient (Wildman–Crippen LogP) is 4.62. The van der Waals surface area contributed by atoms with Crippen molar-refractivity contribution in [2.24, 2.45) is 0 Å². The van der Waals surface area contributed by atoms with Crippen LogP contribution in [0.4, 0.5) is 17.6 Å². The zero-order valence-corrected chi connectivity index (χ0v) is 12.4. The molecular formula is C17H14F4O3. The quantitative estimate of drug-likeness (QED) is 0.779. The van der Waals surface area contributed by atoms with Crippen molar-refractivity contribution in [1.82, 2.24) is 0 Å². The summed E-state index contributed by atoms with van der Waals surface area (Å²) < 4.78 is 52.9. The third kappa shape index (κ3) is 4.04. The number of aryl methyl sites for hydroxylation is 1. The van der Waals surface area contributed by atoms with Crippen LogP contribution in [0.2, 0.25) is 0 Å². The number of benzene rings is 2. The zero-order valence-electron chi connectivity index (χ0n) is 12.4. The molecule has 7 heteroatoms. The van der Waals surface area contributed by atoms with Gasteiger partial charge in [-0.25, -0.2) is 4.39 Å². The van der Waals surface area contributed by atoms with Gasteiger partial charge in [-0.3, -0.25) is 4.79 Å². The molecule has 0 heterocycles. The van der Waals surface area contributed by atoms with Crippen LogP contribution in [0.5, 0.6) is 5.75 Å². The Morgan fingerprint density at radius 1 is 1.04 bits per heavy atom. The number of rotatable bonds is 5. The number of carboxylic acids is 1. The molecule has 2 aromatic rings. The van der Waals surface area contributed by atoms with Crippen LogP contribution in [-0.2, 0) is 17.4 Å². The summed E-state index contributed by atoms with van der Waals surface area (Å²) in [6, 6.07) is 7.24. The Morgan fingerprint density at radius 2 is 1.67 bits per heavy atom. The zero-order chi connectivity index (χ0) is 17.9. The average Bonchev–Trinajstić information content (AvgIpc) is 2.47. The number of phenols is 1. The summed E-state index contributed by atoms with van der Waals surface area (Å²) >= 11 is 0. The molecule has 0 spiro atoms. The lowest BCUT2D eigenvalue weighted by atomic mass is 9.94. The van der Waals surface area contributed by atoms with Crippen molar-refractivity contribution in [2.45, 2.75) is 25.4 Å². The number of aromatic hydroxyl groups is 1. The van der Waals surface area contributed by atoms with Gasteiger partial charge in [0.05, 0.1) is 0 Å². The number of halogens is 4. The van der Waals surface area contributed by atoms with E-state index < -0.39 is 29.3 Å². The van der Waals surface area contributed by atoms with E-state index in [1.807, 2.05) is 0 Å². The third-order valence-corrected chi connectivity index (χ3v) is 3.54. The molecule has 0 saturated heterocycles. The van der Waals surface area contributed by atoms with Gasteiger partial charge in [-0.1, -0.05) is 24.3 Å². The molecule has 0 amide bonds. The maximum absolute atomic E-state index is 13.3. The molecular weight excluding hydrogens is 328 g/mol. The molecule has 0 atom stereocenters. The Bertz CT molecular complexity index is 737. The number of phenolic OH excluding ortho intramolecular Hbond substituents is 1. The lowest BCUT2D eigenvalue weighted by molar-refractivity contribution is -0.139. The Hall–Kier alpha value is -2.57. The van der Waals surface area contributed by atoms with Gasteiger partial charge in [-0.05, 0) is 36.1 Å². The molecule has 2 aromatic carbocycles. The van der Waals surface area contributed by atoms with Crippen molar-refractivity contribution in [1.29, 1.82) is 0 Å². The van der Waals surface area contributed by atoms with Crippen molar-refractivity contribution in [3.63, 3.8) is 0 Å². The van der Waals surface area contributed by atoms with Gasteiger partial charge < -0.3 is 10.2 Å². The number of hydrogen-bond donors (Lipinski definition) is 2. The Balaban J connectivity index is 2.46. The lowest BCUT2D eigenvalue weighted by Gasteiger charge is -2.17. The maximum atomic E-state index is 13.3. The third-order valence-electron chi connectivity index (χ3n) is 3.54. The van der Waals surface area contributed by atoms with Gasteiger partial charge in [0.2, 0.25) is 0 Å². The van der Waals surface area contributed by atoms with Crippen LogP contribution in [0.3, 0.4) is 0 Å². The summed E-state index contributed by atoms with van der Waals surface area (Å²) in [4.78, 5) is 10.5. The van der Waals surface area contributed by atoms with E-state index in [2.05, 4.69) is 0 Å². The SMILES string of the molecule is O=C(O)CCCc1ccc(-c2ccc(F)cc2)c(O)c1C(F)(F)F. The van der Waals surface area contributed by atoms with Gasteiger partial charge in [-0.15, -0.1) is 0 Å². The van der Waals surface area contributed by atoms with Crippen LogP contribution < -0.4 is 0 Å². The first-order valence-electron chi connectivity index (χ1n) is 7.10. The minimum absolute atomic E-state index is 0.0216. The van der Waals surface area contributed by atoms with Gasteiger partial charge in [0.15, 0.2) is 0 Å². The van der Waals surface area contributed by atoms with E-state index in [1.165, 1.54) is 24.3 Å². The first-order chi connectivity index (χ1) is 11.2. The fourth-order valence-corrected chi connectivity index (χ4v) is 2.45. The van der Waals surface area contributed by atoms with Crippen LogP contribution in [0.15, 0.2) is 36.4 Å². The van der Waals surface area contributed by atoms with Gasteiger partial charge >= 0.3 is 12.1 Å². The monoisotopic (exact) mass is 342 g/mol. The second kappa shape index (κ2) is 6.90. The van der Waals surface area contributed by atoms with E-state index in [0.717, 1.165) is 12.1 Å². The molecule has 0 bridgehead atoms. The minimum Gasteiger partial charge on any atom is -0.507 e. The number of carboxylic acid groups (broad SMARTS) is 1. The van der Waals surface area contributed by atoms with Crippen molar-refractivity contribution >= 4 is 5.97 Å². The molecule has 0 unspecified atom stereocenters. The Labute approximate surface area is 135 Å². The molecule has 128 valence electrons. The molecule has 0 aliphatic heterocycles. The van der Waals surface area contributed by atoms with Crippen molar-refractivity contribution in [3.8, 4) is 16.9 Å². The first-order valence-corrected chi connectivity index (χ1v) is 7.10. The van der Waals surface area contributed by atoms with Crippen LogP contribution >= 0.6 is 0 Å². The normalized spacial score (nSPS) is 11.5. The summed E-state index contributed by atoms with van der Waals surface area (Å²) in [7, 11) is 0. The molecule has 2 N–H and O–H groups in total. The van der Waals surface area contributed by atoms with Crippen LogP contribution in [-0.4, -0.2) is 16.2 Å². The molecule has 0 aliphatic carbocycles. The average molecular weight is 342 g/mol. The van der Waals surface area contributed by atoms with Crippen LogP contribution in [0.1, 0.15) is 24.0 Å². The number of alkyl halides is 3. The number of carbonyl (C=O) groups is 1. The highest BCUT2D eigenvalue weighted by atomic mass is 19.4. The fourth-order valence-electron chi connectivity index (χ4n) is 2.45. The second-order valence-corrected chi connectivity index (χ2v) is 5.25. The number of aliphatic carboxylic acids is 1. The maximum Gasteiger partial charge on any atom is 0.420 e. The fraction of sp³-hybridized carbons (Fsp3) is 0.235. The van der Waals surface area contributed by atoms with Gasteiger partial charge in [0.1, 0.15) is 17.1 Å². The molecule has 0 aliphatic rings. The summed E-state index contributed by atoms with van der Waals surface area (Å²) in [5.41, 5.74) is -1.18. The summed E-state index contributed by atoms with van der Waals surface area (Å²) in [5, 5.41) is 18.7. The lowest BCUT2D eigenvalue weighted by Crippen LogP contribution is -2.11. The summed E-state index contributed by atoms with van der Waals surface area (Å²) in [6.07, 6.45) is -5.16. The van der Waals surface area contributed by atoms with E-state index >= 15 is 0 Å². The van der Waals surface area contributed by atoms with E-state index in [4.69, 9.17) is 5.11 Å². The molecule has 3 nitrogen and oxygen atoms in total. The molecule has 0 fully saturated rings. The molecule has 0 aromatic heterocycles. The van der Waals surface area contributed by atoms with Gasteiger partial charge in [-0.2, -0.15) is 13.2 Å². The smallest absolute Gasteiger partial charge is 0.420 e. The Kier molecular flexibility index (Phi) is 5.11. The standard InChI is InChI=1S/C17H14F4O3/c18-12-7-4-10(5-8-12)13-9-6-11(2-1-3-14(22)23)15(16(13)24)17(19,20)21/h4-9,24H,1-3H2,(H,22,23). The predicted molar refractivity (Wildman–Crippen MR) is 79.1 cm³/mol. The Morgan fingerprint density at radius 3 is 2.21 bits per heavy atom. The molecule has 24 heavy (non-hydrogen) atoms. The first kappa shape index (κ1) is 17.8. The van der Waals surface area contributed by atoms with E-state index in [1.54, 1.807) is 0 Å². The van der Waals surface area contributed by atoms with E-state index in [-0.39, 0.29) is 36.0 Å². The van der Waals surface area contributed by atoms with E-state index in [0.29, 0.717) is 0 Å². The highest BCUT2D eigenvalue weighted by molar-refractivity contribution is 5.73. The molecule has 2 rings (SSSR count). The minimum atomic E-state index is -4.79. The van der Waals surface area contributed by atoms with Crippen molar-refractivity contribution in [2.75, 3.05) is 0 Å². The second-order valence-electron chi connectivity index (χ2n) is 5.25. The van der Waals surface area contributed by atoms with Crippen molar-refractivity contribution in [3.05, 3.63) is 53.3 Å². The number of hydrogen-bond acceptors (Lipinski definition) is 2. The topological polar surface area (TPSA) is 57.5 Å². The van der Waals surface area contributed by atoms with Gasteiger partial charge in [0.25, 0.3) is 0 Å². The molecule has 0 saturated carbocycles. The highest BCUT2D eigenvalue weighted by Gasteiger charge is 2.37. The van der Waals surface area contributed by atoms with Crippen LogP contribution in [0.25, 0.3) is 11.1 Å². The summed E-state index contributed by atoms with van der Waals surface area (Å²) in [6.45, 7) is 0. The highest BCUT2D eigenvalue weighted by Crippen LogP contribution is 2.43. The molecule has 0 radical (unpaired) electrons. The summed E-state index contributed by atoms with van der Waals surface area (Å²) in [5.74, 6) is -2.59. The van der Waals surface area contributed by atoms with Crippen molar-refractivity contribution < 1.29 is 32.6 Å².